The standard InChI is InChI=1S/C14H13NO2/c1-16-11-6-7-14-12(8-11)15-9-10-4-2-3-5-13(10)17-14/h2-8,15H,9H2,1H3. The quantitative estimate of drug-likeness (QED) is 0.809. The number of benzene rings is 2. The van der Waals surface area contributed by atoms with E-state index in [1.54, 1.807) is 7.11 Å². The van der Waals surface area contributed by atoms with Crippen LogP contribution in [0.2, 0.25) is 0 Å². The van der Waals surface area contributed by atoms with E-state index >= 15 is 0 Å². The largest absolute Gasteiger partial charge is 0.497 e. The summed E-state index contributed by atoms with van der Waals surface area (Å²) in [6.45, 7) is 0.760. The lowest BCUT2D eigenvalue weighted by Gasteiger charge is -2.09. The van der Waals surface area contributed by atoms with Crippen molar-refractivity contribution in [3.63, 3.8) is 0 Å². The molecule has 3 rings (SSSR count). The fourth-order valence-electron chi connectivity index (χ4n) is 1.92. The molecule has 0 radical (unpaired) electrons. The fraction of sp³-hybridized carbons (Fsp3) is 0.143. The molecule has 17 heavy (non-hydrogen) atoms. The lowest BCUT2D eigenvalue weighted by Crippen LogP contribution is -1.97. The van der Waals surface area contributed by atoms with Gasteiger partial charge in [-0.15, -0.1) is 0 Å². The van der Waals surface area contributed by atoms with Crippen LogP contribution in [0.25, 0.3) is 0 Å². The summed E-state index contributed by atoms with van der Waals surface area (Å²) in [7, 11) is 1.66. The number of hydrogen-bond acceptors (Lipinski definition) is 3. The van der Waals surface area contributed by atoms with Crippen LogP contribution in [0.3, 0.4) is 0 Å². The number of anilines is 1. The van der Waals surface area contributed by atoms with Gasteiger partial charge in [-0.3, -0.25) is 0 Å². The van der Waals surface area contributed by atoms with E-state index < -0.39 is 0 Å². The summed E-state index contributed by atoms with van der Waals surface area (Å²) in [5, 5.41) is 3.35. The highest BCUT2D eigenvalue weighted by atomic mass is 16.5. The minimum absolute atomic E-state index is 0.760. The molecule has 86 valence electrons. The Morgan fingerprint density at radius 2 is 2.00 bits per heavy atom. The molecule has 2 aromatic rings. The topological polar surface area (TPSA) is 30.5 Å². The third-order valence-corrected chi connectivity index (χ3v) is 2.85. The summed E-state index contributed by atoms with van der Waals surface area (Å²) >= 11 is 0. The van der Waals surface area contributed by atoms with Crippen LogP contribution in [-0.2, 0) is 6.54 Å². The van der Waals surface area contributed by atoms with Gasteiger partial charge in [-0.25, -0.2) is 0 Å². The highest BCUT2D eigenvalue weighted by Gasteiger charge is 2.13. The van der Waals surface area contributed by atoms with Crippen LogP contribution in [0.4, 0.5) is 5.69 Å². The Labute approximate surface area is 100.0 Å². The molecule has 0 saturated heterocycles. The van der Waals surface area contributed by atoms with Crippen molar-refractivity contribution < 1.29 is 9.47 Å². The van der Waals surface area contributed by atoms with Crippen LogP contribution in [-0.4, -0.2) is 7.11 Å². The van der Waals surface area contributed by atoms with E-state index in [1.165, 1.54) is 0 Å². The van der Waals surface area contributed by atoms with E-state index in [-0.39, 0.29) is 0 Å². The summed E-state index contributed by atoms with van der Waals surface area (Å²) in [6.07, 6.45) is 0. The number of para-hydroxylation sites is 1. The van der Waals surface area contributed by atoms with E-state index in [4.69, 9.17) is 9.47 Å². The Hall–Kier alpha value is -2.16. The fourth-order valence-corrected chi connectivity index (χ4v) is 1.92. The van der Waals surface area contributed by atoms with Gasteiger partial charge in [-0.05, 0) is 18.2 Å². The van der Waals surface area contributed by atoms with Crippen LogP contribution in [0.1, 0.15) is 5.56 Å². The minimum atomic E-state index is 0.760. The summed E-state index contributed by atoms with van der Waals surface area (Å²) in [4.78, 5) is 0. The van der Waals surface area contributed by atoms with Gasteiger partial charge in [0, 0.05) is 18.2 Å². The van der Waals surface area contributed by atoms with Crippen LogP contribution in [0.5, 0.6) is 17.2 Å². The molecule has 0 bridgehead atoms. The molecule has 0 spiro atoms. The van der Waals surface area contributed by atoms with Gasteiger partial charge in [0.25, 0.3) is 0 Å². The molecular formula is C14H13NO2. The molecule has 1 aliphatic heterocycles. The summed E-state index contributed by atoms with van der Waals surface area (Å²) in [6, 6.07) is 13.8. The Balaban J connectivity index is 2.03. The number of hydrogen-bond donors (Lipinski definition) is 1. The van der Waals surface area contributed by atoms with E-state index in [0.717, 1.165) is 35.0 Å². The second-order valence-corrected chi connectivity index (χ2v) is 3.93. The van der Waals surface area contributed by atoms with Crippen LogP contribution < -0.4 is 14.8 Å². The Bertz CT molecular complexity index is 552. The van der Waals surface area contributed by atoms with Crippen LogP contribution in [0, 0.1) is 0 Å². The van der Waals surface area contributed by atoms with Crippen molar-refractivity contribution in [2.45, 2.75) is 6.54 Å². The molecule has 1 heterocycles. The van der Waals surface area contributed by atoms with Gasteiger partial charge in [0.1, 0.15) is 11.5 Å². The molecule has 2 aromatic carbocycles. The molecule has 1 aliphatic rings. The zero-order chi connectivity index (χ0) is 11.7. The second kappa shape index (κ2) is 4.01. The maximum atomic E-state index is 5.88. The number of methoxy groups -OCH3 is 1. The van der Waals surface area contributed by atoms with E-state index in [2.05, 4.69) is 11.4 Å². The molecule has 0 aromatic heterocycles. The lowest BCUT2D eigenvalue weighted by atomic mass is 10.2. The van der Waals surface area contributed by atoms with Gasteiger partial charge in [0.05, 0.1) is 12.8 Å². The first kappa shape index (κ1) is 10.0. The molecule has 3 heteroatoms. The van der Waals surface area contributed by atoms with E-state index in [9.17, 15) is 0 Å². The number of ether oxygens (including phenoxy) is 2. The zero-order valence-corrected chi connectivity index (χ0v) is 9.57. The SMILES string of the molecule is COc1ccc2c(c1)NCc1ccccc1O2. The predicted octanol–water partition coefficient (Wildman–Crippen LogP) is 3.41. The molecule has 0 fully saturated rings. The third kappa shape index (κ3) is 1.80. The normalized spacial score (nSPS) is 12.5. The molecule has 0 unspecified atom stereocenters. The van der Waals surface area contributed by atoms with Gasteiger partial charge >= 0.3 is 0 Å². The summed E-state index contributed by atoms with van der Waals surface area (Å²) < 4.78 is 11.1. The van der Waals surface area contributed by atoms with Gasteiger partial charge in [0.15, 0.2) is 5.75 Å². The van der Waals surface area contributed by atoms with Crippen molar-refractivity contribution in [3.05, 3.63) is 48.0 Å². The minimum Gasteiger partial charge on any atom is -0.497 e. The first-order valence-corrected chi connectivity index (χ1v) is 5.54. The first-order chi connectivity index (χ1) is 8.36. The maximum Gasteiger partial charge on any atom is 0.150 e. The van der Waals surface area contributed by atoms with E-state index in [1.807, 2.05) is 36.4 Å². The lowest BCUT2D eigenvalue weighted by molar-refractivity contribution is 0.413. The zero-order valence-electron chi connectivity index (χ0n) is 9.57. The highest BCUT2D eigenvalue weighted by Crippen LogP contribution is 2.37. The molecule has 3 nitrogen and oxygen atoms in total. The van der Waals surface area contributed by atoms with Gasteiger partial charge < -0.3 is 14.8 Å². The smallest absolute Gasteiger partial charge is 0.150 e. The van der Waals surface area contributed by atoms with Crippen molar-refractivity contribution in [3.8, 4) is 17.2 Å². The Morgan fingerprint density at radius 1 is 1.12 bits per heavy atom. The summed E-state index contributed by atoms with van der Waals surface area (Å²) in [5.41, 5.74) is 2.11. The molecular weight excluding hydrogens is 214 g/mol. The van der Waals surface area contributed by atoms with Crippen molar-refractivity contribution in [1.29, 1.82) is 0 Å². The average Bonchev–Trinajstić information content (AvgIpc) is 2.57. The number of rotatable bonds is 1. The van der Waals surface area contributed by atoms with Gasteiger partial charge in [0.2, 0.25) is 0 Å². The maximum absolute atomic E-state index is 5.88. The van der Waals surface area contributed by atoms with Crippen molar-refractivity contribution in [1.82, 2.24) is 0 Å². The predicted molar refractivity (Wildman–Crippen MR) is 66.8 cm³/mol. The van der Waals surface area contributed by atoms with Crippen LogP contribution in [0.15, 0.2) is 42.5 Å². The monoisotopic (exact) mass is 227 g/mol. The van der Waals surface area contributed by atoms with Gasteiger partial charge in [-0.1, -0.05) is 18.2 Å². The third-order valence-electron chi connectivity index (χ3n) is 2.85. The summed E-state index contributed by atoms with van der Waals surface area (Å²) in [5.74, 6) is 2.56. The number of nitrogens with one attached hydrogen (secondary N) is 1. The molecule has 1 N–H and O–H groups in total. The van der Waals surface area contributed by atoms with Crippen molar-refractivity contribution in [2.24, 2.45) is 0 Å². The Morgan fingerprint density at radius 3 is 2.88 bits per heavy atom. The van der Waals surface area contributed by atoms with Crippen molar-refractivity contribution >= 4 is 5.69 Å². The van der Waals surface area contributed by atoms with Gasteiger partial charge in [-0.2, -0.15) is 0 Å². The number of fused-ring (bicyclic) bond motifs is 2. The molecule has 0 saturated carbocycles. The average molecular weight is 227 g/mol. The highest BCUT2D eigenvalue weighted by molar-refractivity contribution is 5.63. The van der Waals surface area contributed by atoms with Crippen LogP contribution >= 0.6 is 0 Å². The van der Waals surface area contributed by atoms with Crippen molar-refractivity contribution in [2.75, 3.05) is 12.4 Å². The first-order valence-electron chi connectivity index (χ1n) is 5.54. The molecule has 0 atom stereocenters. The van der Waals surface area contributed by atoms with E-state index in [0.29, 0.717) is 0 Å². The molecule has 0 amide bonds. The molecule has 0 aliphatic carbocycles. The second-order valence-electron chi connectivity index (χ2n) is 3.93. The Kier molecular flexibility index (Phi) is 2.37.